The highest BCUT2D eigenvalue weighted by molar-refractivity contribution is 6.90. The summed E-state index contributed by atoms with van der Waals surface area (Å²) >= 11 is 0. The van der Waals surface area contributed by atoms with E-state index in [4.69, 9.17) is 17.1 Å². The van der Waals surface area contributed by atoms with Crippen LogP contribution in [0.4, 0.5) is 0 Å². The van der Waals surface area contributed by atoms with Crippen molar-refractivity contribution in [1.29, 1.82) is 0 Å². The van der Waals surface area contributed by atoms with Gasteiger partial charge in [-0.05, 0) is 71.8 Å². The van der Waals surface area contributed by atoms with Gasteiger partial charge in [-0.25, -0.2) is 0 Å². The van der Waals surface area contributed by atoms with Crippen LogP contribution in [0.25, 0.3) is 0 Å². The molecule has 0 aromatic rings. The molecule has 2 unspecified atom stereocenters. The van der Waals surface area contributed by atoms with Crippen LogP contribution < -0.4 is 0 Å². The molecule has 0 aliphatic rings. The van der Waals surface area contributed by atoms with Crippen LogP contribution in [0.2, 0.25) is 65.0 Å². The molecule has 0 rings (SSSR count). The van der Waals surface area contributed by atoms with Crippen molar-refractivity contribution in [2.45, 2.75) is 84.9 Å². The van der Waals surface area contributed by atoms with E-state index in [2.05, 4.69) is 72.8 Å². The number of methoxy groups -OCH3 is 1. The third-order valence-corrected chi connectivity index (χ3v) is 15.4. The van der Waals surface area contributed by atoms with Gasteiger partial charge in [0.05, 0.1) is 6.10 Å². The van der Waals surface area contributed by atoms with Crippen LogP contribution in [-0.4, -0.2) is 47.0 Å². The Hall–Kier alpha value is 0.708. The topological polar surface area (TPSA) is 36.9 Å². The Morgan fingerprint density at radius 3 is 1.17 bits per heavy atom. The van der Waals surface area contributed by atoms with Crippen LogP contribution >= 0.6 is 0 Å². The van der Waals surface area contributed by atoms with Gasteiger partial charge in [0.25, 0.3) is 0 Å². The van der Waals surface area contributed by atoms with Gasteiger partial charge in [-0.2, -0.15) is 0 Å². The van der Waals surface area contributed by atoms with Crippen molar-refractivity contribution in [3.8, 4) is 0 Å². The minimum atomic E-state index is -2.74. The first kappa shape index (κ1) is 23.7. The second kappa shape index (κ2) is 8.39. The molecule has 2 atom stereocenters. The highest BCUT2D eigenvalue weighted by atomic mass is 28.5. The summed E-state index contributed by atoms with van der Waals surface area (Å²) in [6.07, 6.45) is 0.169. The molecule has 0 N–H and O–H groups in total. The van der Waals surface area contributed by atoms with Crippen molar-refractivity contribution in [1.82, 2.24) is 0 Å². The van der Waals surface area contributed by atoms with Gasteiger partial charge >= 0.3 is 8.80 Å². The molecule has 0 radical (unpaired) electrons. The van der Waals surface area contributed by atoms with Gasteiger partial charge in [-0.15, -0.1) is 0 Å². The lowest BCUT2D eigenvalue weighted by atomic mass is 10.1. The molecular weight excluding hydrogens is 357 g/mol. The van der Waals surface area contributed by atoms with Crippen molar-refractivity contribution in [2.24, 2.45) is 5.92 Å². The lowest BCUT2D eigenvalue weighted by Crippen LogP contribution is -2.61. The van der Waals surface area contributed by atoms with Gasteiger partial charge < -0.3 is 17.1 Å². The predicted molar refractivity (Wildman–Crippen MR) is 109 cm³/mol. The third kappa shape index (κ3) is 11.0. The standard InChI is InChI=1S/C15H40O4Si4/c1-14(15(2)16-3)13-23(17-20(4,5)6,18-21(7,8)9)19-22(10,11)12/h14-15H,13H2,1-12H3. The molecule has 0 aliphatic carbocycles. The molecule has 23 heavy (non-hydrogen) atoms. The van der Waals surface area contributed by atoms with Crippen LogP contribution in [-0.2, 0) is 17.1 Å². The SMILES string of the molecule is COC(C)C(C)C[Si](O[Si](C)(C)C)(O[Si](C)(C)C)O[Si](C)(C)C. The maximum atomic E-state index is 6.69. The van der Waals surface area contributed by atoms with E-state index in [9.17, 15) is 0 Å². The van der Waals surface area contributed by atoms with Gasteiger partial charge in [0, 0.05) is 13.2 Å². The van der Waals surface area contributed by atoms with Crippen molar-refractivity contribution in [3.63, 3.8) is 0 Å². The lowest BCUT2D eigenvalue weighted by molar-refractivity contribution is 0.0740. The molecule has 0 aromatic heterocycles. The second-order valence-electron chi connectivity index (χ2n) is 9.45. The molecule has 140 valence electrons. The number of rotatable bonds is 10. The maximum absolute atomic E-state index is 6.69. The van der Waals surface area contributed by atoms with Gasteiger partial charge in [0.2, 0.25) is 0 Å². The van der Waals surface area contributed by atoms with Crippen molar-refractivity contribution >= 4 is 33.8 Å². The predicted octanol–water partition coefficient (Wildman–Crippen LogP) is 5.15. The van der Waals surface area contributed by atoms with Crippen LogP contribution in [0.3, 0.4) is 0 Å². The molecule has 0 amide bonds. The molecule has 0 bridgehead atoms. The first-order chi connectivity index (χ1) is 9.99. The summed E-state index contributed by atoms with van der Waals surface area (Å²) in [5.41, 5.74) is 0. The second-order valence-corrected chi connectivity index (χ2v) is 26.3. The summed E-state index contributed by atoms with van der Waals surface area (Å²) in [4.78, 5) is 0. The minimum Gasteiger partial charge on any atom is -0.417 e. The molecule has 0 spiro atoms. The molecule has 4 nitrogen and oxygen atoms in total. The Morgan fingerprint density at radius 1 is 0.652 bits per heavy atom. The van der Waals surface area contributed by atoms with Crippen LogP contribution in [0, 0.1) is 5.92 Å². The molecule has 8 heteroatoms. The van der Waals surface area contributed by atoms with Gasteiger partial charge in [0.1, 0.15) is 0 Å². The zero-order chi connectivity index (χ0) is 18.7. The first-order valence-electron chi connectivity index (χ1n) is 8.62. The summed E-state index contributed by atoms with van der Waals surface area (Å²) in [5, 5.41) is 0. The van der Waals surface area contributed by atoms with E-state index in [0.29, 0.717) is 5.92 Å². The van der Waals surface area contributed by atoms with E-state index in [1.165, 1.54) is 0 Å². The Morgan fingerprint density at radius 2 is 0.957 bits per heavy atom. The van der Waals surface area contributed by atoms with Crippen molar-refractivity contribution in [2.75, 3.05) is 7.11 Å². The minimum absolute atomic E-state index is 0.169. The smallest absolute Gasteiger partial charge is 0.417 e. The molecule has 0 saturated heterocycles. The van der Waals surface area contributed by atoms with Gasteiger partial charge in [-0.1, -0.05) is 6.92 Å². The third-order valence-electron chi connectivity index (χ3n) is 3.13. The summed E-state index contributed by atoms with van der Waals surface area (Å²) in [6, 6.07) is 0.834. The fourth-order valence-electron chi connectivity index (χ4n) is 2.38. The summed E-state index contributed by atoms with van der Waals surface area (Å²) < 4.78 is 25.6. The van der Waals surface area contributed by atoms with E-state index in [0.717, 1.165) is 6.04 Å². The fourth-order valence-corrected chi connectivity index (χ4v) is 17.3. The van der Waals surface area contributed by atoms with Gasteiger partial charge in [-0.3, -0.25) is 0 Å². The summed E-state index contributed by atoms with van der Waals surface area (Å²) in [7, 11) is -6.34. The summed E-state index contributed by atoms with van der Waals surface area (Å²) in [5.74, 6) is 0.343. The van der Waals surface area contributed by atoms with Crippen molar-refractivity contribution in [3.05, 3.63) is 0 Å². The molecule has 0 aromatic carbocycles. The Balaban J connectivity index is 5.71. The number of ether oxygens (including phenoxy) is 1. The first-order valence-corrected chi connectivity index (χ1v) is 20.8. The summed E-state index contributed by atoms with van der Waals surface area (Å²) in [6.45, 7) is 24.3. The normalized spacial score (nSPS) is 17.2. The Kier molecular flexibility index (Phi) is 8.65. The maximum Gasteiger partial charge on any atom is 0.469 e. The van der Waals surface area contributed by atoms with Crippen LogP contribution in [0.5, 0.6) is 0 Å². The van der Waals surface area contributed by atoms with Gasteiger partial charge in [0.15, 0.2) is 25.0 Å². The van der Waals surface area contributed by atoms with Crippen LogP contribution in [0.15, 0.2) is 0 Å². The number of hydrogen-bond acceptors (Lipinski definition) is 4. The average molecular weight is 397 g/mol. The molecule has 0 aliphatic heterocycles. The zero-order valence-electron chi connectivity index (χ0n) is 17.5. The quantitative estimate of drug-likeness (QED) is 0.478. The monoisotopic (exact) mass is 396 g/mol. The largest absolute Gasteiger partial charge is 0.469 e. The van der Waals surface area contributed by atoms with E-state index in [1.807, 2.05) is 0 Å². The fraction of sp³-hybridized carbons (Fsp3) is 1.00. The Labute approximate surface area is 149 Å². The average Bonchev–Trinajstić information content (AvgIpc) is 2.19. The number of hydrogen-bond donors (Lipinski definition) is 0. The lowest BCUT2D eigenvalue weighted by Gasteiger charge is -2.44. The highest BCUT2D eigenvalue weighted by Gasteiger charge is 2.51. The highest BCUT2D eigenvalue weighted by Crippen LogP contribution is 2.32. The molecule has 0 saturated carbocycles. The van der Waals surface area contributed by atoms with E-state index >= 15 is 0 Å². The van der Waals surface area contributed by atoms with E-state index < -0.39 is 33.8 Å². The van der Waals surface area contributed by atoms with Crippen molar-refractivity contribution < 1.29 is 17.1 Å². The van der Waals surface area contributed by atoms with E-state index in [-0.39, 0.29) is 6.10 Å². The Bertz CT molecular complexity index is 317. The molecular formula is C15H40O4Si4. The van der Waals surface area contributed by atoms with Crippen LogP contribution in [0.1, 0.15) is 13.8 Å². The molecule has 0 fully saturated rings. The van der Waals surface area contributed by atoms with E-state index in [1.54, 1.807) is 7.11 Å². The zero-order valence-corrected chi connectivity index (χ0v) is 21.5. The molecule has 0 heterocycles.